The van der Waals surface area contributed by atoms with Gasteiger partial charge in [0.15, 0.2) is 11.9 Å². The Morgan fingerprint density at radius 1 is 1.54 bits per heavy atom. The molecule has 0 radical (unpaired) electrons. The van der Waals surface area contributed by atoms with Crippen molar-refractivity contribution in [3.8, 4) is 0 Å². The summed E-state index contributed by atoms with van der Waals surface area (Å²) in [6.45, 7) is 0. The van der Waals surface area contributed by atoms with Crippen molar-refractivity contribution >= 4 is 0 Å². The SMILES string of the molecule is Cn1nnc(CC(O)C(F)(F)F)n1. The lowest BCUT2D eigenvalue weighted by atomic mass is 10.2. The third kappa shape index (κ3) is 2.65. The van der Waals surface area contributed by atoms with Crippen LogP contribution in [-0.2, 0) is 13.5 Å². The van der Waals surface area contributed by atoms with Gasteiger partial charge in [0.25, 0.3) is 0 Å². The van der Waals surface area contributed by atoms with Gasteiger partial charge in [0.1, 0.15) is 0 Å². The number of aliphatic hydroxyl groups excluding tert-OH is 1. The van der Waals surface area contributed by atoms with Crippen LogP contribution in [0.25, 0.3) is 0 Å². The number of alkyl halides is 3. The molecule has 0 amide bonds. The number of hydrogen-bond donors (Lipinski definition) is 1. The minimum Gasteiger partial charge on any atom is -0.383 e. The summed E-state index contributed by atoms with van der Waals surface area (Å²) in [6.07, 6.45) is -7.74. The van der Waals surface area contributed by atoms with Gasteiger partial charge in [0.2, 0.25) is 0 Å². The van der Waals surface area contributed by atoms with Gasteiger partial charge >= 0.3 is 6.18 Å². The van der Waals surface area contributed by atoms with Crippen LogP contribution < -0.4 is 0 Å². The van der Waals surface area contributed by atoms with Gasteiger partial charge in [-0.2, -0.15) is 18.0 Å². The van der Waals surface area contributed by atoms with E-state index in [1.807, 2.05) is 0 Å². The molecule has 0 bridgehead atoms. The maximum absolute atomic E-state index is 11.8. The first-order valence-electron chi connectivity index (χ1n) is 3.37. The van der Waals surface area contributed by atoms with E-state index in [1.54, 1.807) is 0 Å². The number of rotatable bonds is 2. The van der Waals surface area contributed by atoms with Crippen LogP contribution in [0.1, 0.15) is 5.82 Å². The van der Waals surface area contributed by atoms with Crippen LogP contribution in [0, 0.1) is 0 Å². The molecule has 1 N–H and O–H groups in total. The molecular weight excluding hydrogens is 189 g/mol. The zero-order chi connectivity index (χ0) is 10.1. The molecule has 1 unspecified atom stereocenters. The normalized spacial score (nSPS) is 14.5. The lowest BCUT2D eigenvalue weighted by Crippen LogP contribution is -2.30. The Hall–Kier alpha value is -1.18. The zero-order valence-electron chi connectivity index (χ0n) is 6.65. The van der Waals surface area contributed by atoms with Gasteiger partial charge in [-0.1, -0.05) is 0 Å². The Morgan fingerprint density at radius 2 is 2.15 bits per heavy atom. The number of aryl methyl sites for hydroxylation is 1. The average molecular weight is 196 g/mol. The van der Waals surface area contributed by atoms with Gasteiger partial charge in [-0.25, -0.2) is 0 Å². The maximum atomic E-state index is 11.8. The maximum Gasteiger partial charge on any atom is 0.414 e. The van der Waals surface area contributed by atoms with Gasteiger partial charge in [-0.15, -0.1) is 10.2 Å². The largest absolute Gasteiger partial charge is 0.414 e. The molecule has 0 saturated heterocycles. The molecule has 1 atom stereocenters. The van der Waals surface area contributed by atoms with E-state index in [9.17, 15) is 13.2 Å². The first-order valence-corrected chi connectivity index (χ1v) is 3.37. The molecule has 0 spiro atoms. The average Bonchev–Trinajstić information content (AvgIpc) is 2.33. The van der Waals surface area contributed by atoms with Crippen molar-refractivity contribution in [1.82, 2.24) is 20.2 Å². The van der Waals surface area contributed by atoms with Gasteiger partial charge in [-0.05, 0) is 5.21 Å². The molecule has 0 aliphatic heterocycles. The van der Waals surface area contributed by atoms with Gasteiger partial charge in [0, 0.05) is 6.42 Å². The quantitative estimate of drug-likeness (QED) is 0.703. The topological polar surface area (TPSA) is 63.8 Å². The number of nitrogens with zero attached hydrogens (tertiary/aromatic N) is 4. The Kier molecular flexibility index (Phi) is 2.50. The highest BCUT2D eigenvalue weighted by Gasteiger charge is 2.38. The smallest absolute Gasteiger partial charge is 0.383 e. The van der Waals surface area contributed by atoms with Crippen molar-refractivity contribution < 1.29 is 18.3 Å². The predicted molar refractivity (Wildman–Crippen MR) is 34.6 cm³/mol. The van der Waals surface area contributed by atoms with E-state index >= 15 is 0 Å². The van der Waals surface area contributed by atoms with Crippen molar-refractivity contribution in [2.45, 2.75) is 18.7 Å². The van der Waals surface area contributed by atoms with Crippen LogP contribution >= 0.6 is 0 Å². The summed E-state index contributed by atoms with van der Waals surface area (Å²) in [7, 11) is 1.43. The molecule has 0 aliphatic carbocycles. The van der Waals surface area contributed by atoms with Crippen molar-refractivity contribution in [1.29, 1.82) is 0 Å². The second-order valence-corrected chi connectivity index (χ2v) is 2.46. The van der Waals surface area contributed by atoms with Crippen LogP contribution in [0.4, 0.5) is 13.2 Å². The van der Waals surface area contributed by atoms with Gasteiger partial charge in [0.05, 0.1) is 7.05 Å². The first-order chi connectivity index (χ1) is 5.89. The van der Waals surface area contributed by atoms with Crippen LogP contribution in [0.15, 0.2) is 0 Å². The van der Waals surface area contributed by atoms with Crippen molar-refractivity contribution in [2.75, 3.05) is 0 Å². The fraction of sp³-hybridized carbons (Fsp3) is 0.800. The van der Waals surface area contributed by atoms with Crippen LogP contribution in [0.5, 0.6) is 0 Å². The molecule has 1 aromatic rings. The highest BCUT2D eigenvalue weighted by molar-refractivity contribution is 4.83. The minimum absolute atomic E-state index is 0.132. The molecule has 8 heteroatoms. The van der Waals surface area contributed by atoms with Crippen molar-refractivity contribution in [3.63, 3.8) is 0 Å². The molecule has 1 heterocycles. The molecule has 0 aliphatic rings. The molecule has 1 rings (SSSR count). The molecule has 1 aromatic heterocycles. The van der Waals surface area contributed by atoms with Crippen molar-refractivity contribution in [3.05, 3.63) is 5.82 Å². The lowest BCUT2D eigenvalue weighted by molar-refractivity contribution is -0.203. The van der Waals surface area contributed by atoms with E-state index in [2.05, 4.69) is 15.4 Å². The zero-order valence-corrected chi connectivity index (χ0v) is 6.65. The Labute approximate surface area is 71.2 Å². The summed E-state index contributed by atoms with van der Waals surface area (Å²) >= 11 is 0. The third-order valence-corrected chi connectivity index (χ3v) is 1.30. The summed E-state index contributed by atoms with van der Waals surface area (Å²) < 4.78 is 35.4. The van der Waals surface area contributed by atoms with E-state index in [0.29, 0.717) is 0 Å². The fourth-order valence-corrected chi connectivity index (χ4v) is 0.694. The van der Waals surface area contributed by atoms with E-state index in [0.717, 1.165) is 4.80 Å². The van der Waals surface area contributed by atoms with E-state index < -0.39 is 18.7 Å². The number of tetrazole rings is 1. The summed E-state index contributed by atoms with van der Waals surface area (Å²) in [5.74, 6) is -0.132. The van der Waals surface area contributed by atoms with Crippen molar-refractivity contribution in [2.24, 2.45) is 7.05 Å². The molecule has 13 heavy (non-hydrogen) atoms. The predicted octanol–water partition coefficient (Wildman–Crippen LogP) is -0.324. The van der Waals surface area contributed by atoms with E-state index in [1.165, 1.54) is 7.05 Å². The Balaban J connectivity index is 2.60. The highest BCUT2D eigenvalue weighted by Crippen LogP contribution is 2.21. The Morgan fingerprint density at radius 3 is 2.54 bits per heavy atom. The number of hydrogen-bond acceptors (Lipinski definition) is 4. The second-order valence-electron chi connectivity index (χ2n) is 2.46. The summed E-state index contributed by atoms with van der Waals surface area (Å²) in [4.78, 5) is 1.03. The third-order valence-electron chi connectivity index (χ3n) is 1.30. The highest BCUT2D eigenvalue weighted by atomic mass is 19.4. The monoisotopic (exact) mass is 196 g/mol. The van der Waals surface area contributed by atoms with E-state index in [4.69, 9.17) is 5.11 Å². The molecule has 0 saturated carbocycles. The first kappa shape index (κ1) is 9.90. The molecule has 0 fully saturated rings. The Bertz CT molecular complexity index is 284. The minimum atomic E-state index is -4.64. The number of aliphatic hydroxyl groups is 1. The van der Waals surface area contributed by atoms with E-state index in [-0.39, 0.29) is 5.82 Å². The molecule has 5 nitrogen and oxygen atoms in total. The summed E-state index contributed by atoms with van der Waals surface area (Å²) in [6, 6.07) is 0. The van der Waals surface area contributed by atoms with Crippen LogP contribution in [-0.4, -0.2) is 37.6 Å². The van der Waals surface area contributed by atoms with Crippen LogP contribution in [0.2, 0.25) is 0 Å². The molecule has 0 aromatic carbocycles. The van der Waals surface area contributed by atoms with Gasteiger partial charge in [-0.3, -0.25) is 0 Å². The van der Waals surface area contributed by atoms with Crippen LogP contribution in [0.3, 0.4) is 0 Å². The number of halogens is 3. The molecule has 74 valence electrons. The van der Waals surface area contributed by atoms with Gasteiger partial charge < -0.3 is 5.11 Å². The lowest BCUT2D eigenvalue weighted by Gasteiger charge is -2.11. The fourth-order valence-electron chi connectivity index (χ4n) is 0.694. The summed E-state index contributed by atoms with van der Waals surface area (Å²) in [5.41, 5.74) is 0. The number of aromatic nitrogens is 4. The summed E-state index contributed by atoms with van der Waals surface area (Å²) in [5, 5.41) is 18.7. The standard InChI is InChI=1S/C5H7F3N4O/c1-12-10-4(9-11-12)2-3(13)5(6,7)8/h3,13H,2H2,1H3. The molecular formula is C5H7F3N4O. The second kappa shape index (κ2) is 3.29.